The highest BCUT2D eigenvalue weighted by Gasteiger charge is 2.50. The standard InChI is InChI=1S/C13H21N3O4/c1-13(2,3)20-12(18)15-9-5-7(11(17)19-4)10-8(9)6-14-16-10/h7-10H,5-6H2,1-4H3,(H,15,18)/t7-,8-,9+,10+/m0/s1. The third kappa shape index (κ3) is 3.08. The normalized spacial score (nSPS) is 31.8. The lowest BCUT2D eigenvalue weighted by molar-refractivity contribution is -0.145. The van der Waals surface area contributed by atoms with Gasteiger partial charge < -0.3 is 14.8 Å². The first-order valence-corrected chi connectivity index (χ1v) is 6.76. The smallest absolute Gasteiger partial charge is 0.407 e. The highest BCUT2D eigenvalue weighted by Crippen LogP contribution is 2.38. The molecule has 0 radical (unpaired) electrons. The van der Waals surface area contributed by atoms with Crippen LogP contribution >= 0.6 is 0 Å². The van der Waals surface area contributed by atoms with Gasteiger partial charge in [-0.05, 0) is 27.2 Å². The number of hydrogen-bond donors (Lipinski definition) is 1. The van der Waals surface area contributed by atoms with Crippen LogP contribution in [-0.2, 0) is 14.3 Å². The summed E-state index contributed by atoms with van der Waals surface area (Å²) < 4.78 is 10.0. The monoisotopic (exact) mass is 283 g/mol. The van der Waals surface area contributed by atoms with E-state index in [9.17, 15) is 9.59 Å². The van der Waals surface area contributed by atoms with Crippen LogP contribution in [0, 0.1) is 11.8 Å². The molecular formula is C13H21N3O4. The fourth-order valence-electron chi connectivity index (χ4n) is 2.77. The van der Waals surface area contributed by atoms with Crippen LogP contribution in [0.25, 0.3) is 0 Å². The molecule has 4 atom stereocenters. The molecule has 0 aromatic heterocycles. The Bertz CT molecular complexity index is 430. The maximum Gasteiger partial charge on any atom is 0.407 e. The molecule has 2 aliphatic rings. The maximum absolute atomic E-state index is 11.8. The van der Waals surface area contributed by atoms with Crippen molar-refractivity contribution < 1.29 is 19.1 Å². The molecule has 1 N–H and O–H groups in total. The number of carbonyl (C=O) groups is 2. The van der Waals surface area contributed by atoms with Crippen molar-refractivity contribution in [3.05, 3.63) is 0 Å². The lowest BCUT2D eigenvalue weighted by Gasteiger charge is -2.23. The largest absolute Gasteiger partial charge is 0.469 e. The second kappa shape index (κ2) is 5.38. The van der Waals surface area contributed by atoms with Gasteiger partial charge in [-0.25, -0.2) is 4.79 Å². The summed E-state index contributed by atoms with van der Waals surface area (Å²) in [5, 5.41) is 10.9. The Labute approximate surface area is 118 Å². The molecule has 1 amide bonds. The zero-order valence-electron chi connectivity index (χ0n) is 12.3. The average Bonchev–Trinajstić information content (AvgIpc) is 2.89. The molecule has 0 aromatic carbocycles. The number of nitrogens with one attached hydrogen (secondary N) is 1. The molecule has 1 heterocycles. The van der Waals surface area contributed by atoms with E-state index in [2.05, 4.69) is 15.5 Å². The van der Waals surface area contributed by atoms with Gasteiger partial charge in [0.2, 0.25) is 0 Å². The first kappa shape index (κ1) is 14.7. The third-order valence-electron chi connectivity index (χ3n) is 3.59. The molecule has 112 valence electrons. The van der Waals surface area contributed by atoms with Gasteiger partial charge in [-0.1, -0.05) is 0 Å². The lowest BCUT2D eigenvalue weighted by Crippen LogP contribution is -2.42. The summed E-state index contributed by atoms with van der Waals surface area (Å²) in [4.78, 5) is 23.6. The Hall–Kier alpha value is -1.66. The Balaban J connectivity index is 2.00. The number of azo groups is 1. The van der Waals surface area contributed by atoms with Gasteiger partial charge in [0, 0.05) is 12.0 Å². The van der Waals surface area contributed by atoms with Crippen LogP contribution in [0.5, 0.6) is 0 Å². The van der Waals surface area contributed by atoms with Crippen LogP contribution in [0.1, 0.15) is 27.2 Å². The van der Waals surface area contributed by atoms with Gasteiger partial charge in [0.15, 0.2) is 0 Å². The first-order valence-electron chi connectivity index (χ1n) is 6.76. The Morgan fingerprint density at radius 1 is 1.30 bits per heavy atom. The van der Waals surface area contributed by atoms with E-state index in [1.165, 1.54) is 7.11 Å². The van der Waals surface area contributed by atoms with Crippen molar-refractivity contribution in [2.45, 2.75) is 44.9 Å². The summed E-state index contributed by atoms with van der Waals surface area (Å²) in [5.41, 5.74) is -0.547. The molecule has 0 saturated heterocycles. The summed E-state index contributed by atoms with van der Waals surface area (Å²) >= 11 is 0. The summed E-state index contributed by atoms with van der Waals surface area (Å²) in [5.74, 6) is -0.586. The number of ether oxygens (including phenoxy) is 2. The summed E-state index contributed by atoms with van der Waals surface area (Å²) in [6.07, 6.45) is 0.0407. The van der Waals surface area contributed by atoms with Gasteiger partial charge >= 0.3 is 12.1 Å². The zero-order chi connectivity index (χ0) is 14.9. The fraction of sp³-hybridized carbons (Fsp3) is 0.846. The molecule has 7 nitrogen and oxygen atoms in total. The number of alkyl carbamates (subject to hydrolysis) is 1. The van der Waals surface area contributed by atoms with E-state index in [1.54, 1.807) is 0 Å². The van der Waals surface area contributed by atoms with Crippen molar-refractivity contribution in [3.8, 4) is 0 Å². The topological polar surface area (TPSA) is 89.3 Å². The second-order valence-corrected chi connectivity index (χ2v) is 6.21. The summed E-state index contributed by atoms with van der Waals surface area (Å²) in [6, 6.07) is -0.351. The molecule has 1 saturated carbocycles. The minimum Gasteiger partial charge on any atom is -0.469 e. The first-order chi connectivity index (χ1) is 9.31. The summed E-state index contributed by atoms with van der Waals surface area (Å²) in [7, 11) is 1.36. The van der Waals surface area contributed by atoms with Crippen LogP contribution in [0.4, 0.5) is 4.79 Å². The Morgan fingerprint density at radius 3 is 2.60 bits per heavy atom. The van der Waals surface area contributed by atoms with E-state index in [-0.39, 0.29) is 29.9 Å². The number of amides is 1. The van der Waals surface area contributed by atoms with Crippen LogP contribution in [0.15, 0.2) is 10.2 Å². The molecule has 0 bridgehead atoms. The third-order valence-corrected chi connectivity index (χ3v) is 3.59. The van der Waals surface area contributed by atoms with Crippen molar-refractivity contribution in [1.29, 1.82) is 0 Å². The molecule has 0 aromatic rings. The van der Waals surface area contributed by atoms with E-state index >= 15 is 0 Å². The average molecular weight is 283 g/mol. The van der Waals surface area contributed by atoms with Gasteiger partial charge in [0.25, 0.3) is 0 Å². The molecule has 1 aliphatic carbocycles. The number of fused-ring (bicyclic) bond motifs is 1. The van der Waals surface area contributed by atoms with Crippen molar-refractivity contribution >= 4 is 12.1 Å². The van der Waals surface area contributed by atoms with E-state index in [4.69, 9.17) is 9.47 Å². The second-order valence-electron chi connectivity index (χ2n) is 6.21. The van der Waals surface area contributed by atoms with Crippen molar-refractivity contribution in [3.63, 3.8) is 0 Å². The minimum absolute atomic E-state index is 0.0478. The van der Waals surface area contributed by atoms with Crippen molar-refractivity contribution in [2.75, 3.05) is 13.7 Å². The van der Waals surface area contributed by atoms with E-state index in [1.807, 2.05) is 20.8 Å². The SMILES string of the molecule is COC(=O)[C@H]1C[C@@H](NC(=O)OC(C)(C)C)[C@@H]2CN=N[C@@H]21. The lowest BCUT2D eigenvalue weighted by atomic mass is 9.99. The molecular weight excluding hydrogens is 262 g/mol. The molecule has 0 unspecified atom stereocenters. The van der Waals surface area contributed by atoms with Crippen LogP contribution in [-0.4, -0.2) is 43.4 Å². The van der Waals surface area contributed by atoms with E-state index in [0.717, 1.165) is 0 Å². The number of carbonyl (C=O) groups excluding carboxylic acids is 2. The highest BCUT2D eigenvalue weighted by atomic mass is 16.6. The van der Waals surface area contributed by atoms with Crippen LogP contribution in [0.2, 0.25) is 0 Å². The van der Waals surface area contributed by atoms with Gasteiger partial charge in [0.05, 0.1) is 25.6 Å². The predicted molar refractivity (Wildman–Crippen MR) is 70.3 cm³/mol. The molecule has 0 spiro atoms. The quantitative estimate of drug-likeness (QED) is 0.778. The zero-order valence-corrected chi connectivity index (χ0v) is 12.3. The highest BCUT2D eigenvalue weighted by molar-refractivity contribution is 5.74. The van der Waals surface area contributed by atoms with Crippen molar-refractivity contribution in [2.24, 2.45) is 22.1 Å². The molecule has 20 heavy (non-hydrogen) atoms. The predicted octanol–water partition coefficient (Wildman–Crippen LogP) is 1.52. The van der Waals surface area contributed by atoms with Crippen LogP contribution in [0.3, 0.4) is 0 Å². The van der Waals surface area contributed by atoms with E-state index in [0.29, 0.717) is 13.0 Å². The van der Waals surface area contributed by atoms with Gasteiger partial charge in [-0.2, -0.15) is 10.2 Å². The number of methoxy groups -OCH3 is 1. The van der Waals surface area contributed by atoms with Crippen LogP contribution < -0.4 is 5.32 Å². The number of hydrogen-bond acceptors (Lipinski definition) is 6. The molecule has 7 heteroatoms. The molecule has 1 fully saturated rings. The van der Waals surface area contributed by atoms with E-state index < -0.39 is 11.7 Å². The van der Waals surface area contributed by atoms with Crippen molar-refractivity contribution in [1.82, 2.24) is 5.32 Å². The molecule has 2 rings (SSSR count). The fourth-order valence-corrected chi connectivity index (χ4v) is 2.77. The van der Waals surface area contributed by atoms with Gasteiger partial charge in [0.1, 0.15) is 5.60 Å². The van der Waals surface area contributed by atoms with Gasteiger partial charge in [-0.3, -0.25) is 4.79 Å². The number of nitrogens with zero attached hydrogens (tertiary/aromatic N) is 2. The Morgan fingerprint density at radius 2 is 2.00 bits per heavy atom. The Kier molecular flexibility index (Phi) is 3.96. The molecule has 1 aliphatic heterocycles. The maximum atomic E-state index is 11.8. The summed E-state index contributed by atoms with van der Waals surface area (Å²) in [6.45, 7) is 5.95. The number of rotatable bonds is 2. The number of esters is 1. The van der Waals surface area contributed by atoms with Gasteiger partial charge in [-0.15, -0.1) is 0 Å². The minimum atomic E-state index is -0.547.